The summed E-state index contributed by atoms with van der Waals surface area (Å²) in [7, 11) is 1.71. The standard InChI is InChI=1S/C11H22N2O2/c1-14-6-7-15-5-4-13-8-10-2-3-12-11(10)9-13/h10-12H,2-9H2,1H3/t10-,11+/m0/s1. The molecule has 0 amide bonds. The predicted molar refractivity (Wildman–Crippen MR) is 59.0 cm³/mol. The van der Waals surface area contributed by atoms with E-state index in [0.29, 0.717) is 6.61 Å². The molecule has 2 heterocycles. The van der Waals surface area contributed by atoms with Crippen LogP contribution in [0.4, 0.5) is 0 Å². The van der Waals surface area contributed by atoms with Gasteiger partial charge in [0.1, 0.15) is 0 Å². The number of likely N-dealkylation sites (tertiary alicyclic amines) is 1. The van der Waals surface area contributed by atoms with Crippen LogP contribution in [0.15, 0.2) is 0 Å². The smallest absolute Gasteiger partial charge is 0.0700 e. The summed E-state index contributed by atoms with van der Waals surface area (Å²) in [5.41, 5.74) is 0. The monoisotopic (exact) mass is 214 g/mol. The molecule has 2 saturated heterocycles. The van der Waals surface area contributed by atoms with E-state index in [1.54, 1.807) is 7.11 Å². The van der Waals surface area contributed by atoms with Crippen molar-refractivity contribution >= 4 is 0 Å². The van der Waals surface area contributed by atoms with Crippen LogP contribution in [0.3, 0.4) is 0 Å². The number of hydrogen-bond acceptors (Lipinski definition) is 4. The van der Waals surface area contributed by atoms with Crippen molar-refractivity contribution in [3.05, 3.63) is 0 Å². The van der Waals surface area contributed by atoms with E-state index in [9.17, 15) is 0 Å². The van der Waals surface area contributed by atoms with Crippen molar-refractivity contribution in [3.8, 4) is 0 Å². The maximum absolute atomic E-state index is 5.47. The molecule has 88 valence electrons. The van der Waals surface area contributed by atoms with E-state index in [-0.39, 0.29) is 0 Å². The van der Waals surface area contributed by atoms with Gasteiger partial charge in [0.25, 0.3) is 0 Å². The summed E-state index contributed by atoms with van der Waals surface area (Å²) in [4.78, 5) is 2.51. The van der Waals surface area contributed by atoms with Crippen LogP contribution in [0.1, 0.15) is 6.42 Å². The summed E-state index contributed by atoms with van der Waals surface area (Å²) >= 11 is 0. The number of nitrogens with one attached hydrogen (secondary N) is 1. The molecule has 2 fully saturated rings. The van der Waals surface area contributed by atoms with Crippen LogP contribution in [0.2, 0.25) is 0 Å². The fourth-order valence-corrected chi connectivity index (χ4v) is 2.56. The quantitative estimate of drug-likeness (QED) is 0.628. The molecule has 2 atom stereocenters. The van der Waals surface area contributed by atoms with Crippen molar-refractivity contribution in [2.24, 2.45) is 5.92 Å². The molecule has 0 aromatic carbocycles. The van der Waals surface area contributed by atoms with Gasteiger partial charge in [-0.3, -0.25) is 4.90 Å². The lowest BCUT2D eigenvalue weighted by molar-refractivity contribution is 0.0595. The third kappa shape index (κ3) is 3.14. The van der Waals surface area contributed by atoms with Crippen LogP contribution < -0.4 is 5.32 Å². The van der Waals surface area contributed by atoms with Gasteiger partial charge < -0.3 is 14.8 Å². The second-order valence-electron chi connectivity index (χ2n) is 4.47. The molecule has 0 saturated carbocycles. The largest absolute Gasteiger partial charge is 0.382 e. The van der Waals surface area contributed by atoms with Crippen molar-refractivity contribution in [2.75, 3.05) is 53.1 Å². The van der Waals surface area contributed by atoms with Crippen LogP contribution in [0, 0.1) is 5.92 Å². The normalized spacial score (nSPS) is 31.0. The molecular formula is C11H22N2O2. The van der Waals surface area contributed by atoms with Crippen LogP contribution in [-0.4, -0.2) is 64.1 Å². The molecule has 2 rings (SSSR count). The predicted octanol–water partition coefficient (Wildman–Crippen LogP) is -0.0569. The van der Waals surface area contributed by atoms with Gasteiger partial charge in [-0.25, -0.2) is 0 Å². The highest BCUT2D eigenvalue weighted by atomic mass is 16.5. The molecule has 4 nitrogen and oxygen atoms in total. The highest BCUT2D eigenvalue weighted by Crippen LogP contribution is 2.23. The molecule has 0 aromatic heterocycles. The summed E-state index contributed by atoms with van der Waals surface area (Å²) in [6.45, 7) is 7.00. The molecule has 0 spiro atoms. The molecule has 4 heteroatoms. The van der Waals surface area contributed by atoms with Crippen molar-refractivity contribution in [1.29, 1.82) is 0 Å². The van der Waals surface area contributed by atoms with Gasteiger partial charge in [0, 0.05) is 32.8 Å². The maximum atomic E-state index is 5.47. The van der Waals surface area contributed by atoms with E-state index in [1.807, 2.05) is 0 Å². The van der Waals surface area contributed by atoms with E-state index in [4.69, 9.17) is 9.47 Å². The van der Waals surface area contributed by atoms with Gasteiger partial charge in [-0.15, -0.1) is 0 Å². The summed E-state index contributed by atoms with van der Waals surface area (Å²) < 4.78 is 10.4. The first-order valence-electron chi connectivity index (χ1n) is 5.92. The van der Waals surface area contributed by atoms with E-state index in [0.717, 1.165) is 31.7 Å². The van der Waals surface area contributed by atoms with Crippen molar-refractivity contribution in [2.45, 2.75) is 12.5 Å². The molecule has 0 radical (unpaired) electrons. The zero-order chi connectivity index (χ0) is 10.5. The van der Waals surface area contributed by atoms with Gasteiger partial charge in [-0.05, 0) is 18.9 Å². The Labute approximate surface area is 91.9 Å². The number of methoxy groups -OCH3 is 1. The van der Waals surface area contributed by atoms with Crippen molar-refractivity contribution in [1.82, 2.24) is 10.2 Å². The lowest BCUT2D eigenvalue weighted by Crippen LogP contribution is -2.32. The Bertz CT molecular complexity index is 177. The van der Waals surface area contributed by atoms with E-state index < -0.39 is 0 Å². The Kier molecular flexibility index (Phi) is 4.38. The van der Waals surface area contributed by atoms with Gasteiger partial charge in [-0.2, -0.15) is 0 Å². The first-order valence-corrected chi connectivity index (χ1v) is 5.92. The number of rotatable bonds is 6. The summed E-state index contributed by atoms with van der Waals surface area (Å²) in [6, 6.07) is 0.754. The maximum Gasteiger partial charge on any atom is 0.0700 e. The van der Waals surface area contributed by atoms with Crippen LogP contribution in [0.5, 0.6) is 0 Å². The summed E-state index contributed by atoms with van der Waals surface area (Å²) in [5.74, 6) is 0.893. The second kappa shape index (κ2) is 5.80. The lowest BCUT2D eigenvalue weighted by Gasteiger charge is -2.16. The number of ether oxygens (including phenoxy) is 2. The molecular weight excluding hydrogens is 192 g/mol. The molecule has 15 heavy (non-hydrogen) atoms. The Balaban J connectivity index is 1.53. The van der Waals surface area contributed by atoms with Gasteiger partial charge in [0.15, 0.2) is 0 Å². The molecule has 0 aromatic rings. The first kappa shape index (κ1) is 11.3. The summed E-state index contributed by atoms with van der Waals surface area (Å²) in [5, 5.41) is 3.56. The van der Waals surface area contributed by atoms with E-state index >= 15 is 0 Å². The highest BCUT2D eigenvalue weighted by molar-refractivity contribution is 4.93. The van der Waals surface area contributed by atoms with Gasteiger partial charge in [-0.1, -0.05) is 0 Å². The minimum absolute atomic E-state index is 0.701. The SMILES string of the molecule is COCCOCCN1C[C@@H]2CCN[C@@H]2C1. The number of nitrogens with zero attached hydrogens (tertiary/aromatic N) is 1. The number of fused-ring (bicyclic) bond motifs is 1. The van der Waals surface area contributed by atoms with Crippen LogP contribution >= 0.6 is 0 Å². The second-order valence-corrected chi connectivity index (χ2v) is 4.47. The van der Waals surface area contributed by atoms with Crippen molar-refractivity contribution < 1.29 is 9.47 Å². The Morgan fingerprint density at radius 1 is 1.27 bits per heavy atom. The fourth-order valence-electron chi connectivity index (χ4n) is 2.56. The Morgan fingerprint density at radius 2 is 2.20 bits per heavy atom. The zero-order valence-electron chi connectivity index (χ0n) is 9.58. The fraction of sp³-hybridized carbons (Fsp3) is 1.00. The van der Waals surface area contributed by atoms with E-state index in [1.165, 1.54) is 26.1 Å². The van der Waals surface area contributed by atoms with Gasteiger partial charge in [0.2, 0.25) is 0 Å². The first-order chi connectivity index (χ1) is 7.40. The topological polar surface area (TPSA) is 33.7 Å². The molecule has 0 bridgehead atoms. The summed E-state index contributed by atoms with van der Waals surface area (Å²) in [6.07, 6.45) is 1.35. The third-order valence-electron chi connectivity index (χ3n) is 3.42. The molecule has 0 unspecified atom stereocenters. The van der Waals surface area contributed by atoms with E-state index in [2.05, 4.69) is 10.2 Å². The average Bonchev–Trinajstić information content (AvgIpc) is 2.77. The van der Waals surface area contributed by atoms with Crippen molar-refractivity contribution in [3.63, 3.8) is 0 Å². The molecule has 2 aliphatic rings. The van der Waals surface area contributed by atoms with Crippen LogP contribution in [0.25, 0.3) is 0 Å². The van der Waals surface area contributed by atoms with Gasteiger partial charge >= 0.3 is 0 Å². The Hall–Kier alpha value is -0.160. The average molecular weight is 214 g/mol. The molecule has 0 aliphatic carbocycles. The molecule has 2 aliphatic heterocycles. The minimum Gasteiger partial charge on any atom is -0.382 e. The third-order valence-corrected chi connectivity index (χ3v) is 3.42. The Morgan fingerprint density at radius 3 is 3.00 bits per heavy atom. The molecule has 1 N–H and O–H groups in total. The van der Waals surface area contributed by atoms with Gasteiger partial charge in [0.05, 0.1) is 19.8 Å². The van der Waals surface area contributed by atoms with Crippen LogP contribution in [-0.2, 0) is 9.47 Å². The minimum atomic E-state index is 0.701. The number of hydrogen-bond donors (Lipinski definition) is 1. The zero-order valence-corrected chi connectivity index (χ0v) is 9.58. The lowest BCUT2D eigenvalue weighted by atomic mass is 10.1. The highest BCUT2D eigenvalue weighted by Gasteiger charge is 2.35.